The third-order valence-electron chi connectivity index (χ3n) is 3.42. The first-order valence-electron chi connectivity index (χ1n) is 6.10. The number of carbonyl (C=O) groups excluding carboxylic acids is 1. The SMILES string of the molecule is CC(C)(C)OC(=O)N1CC2C[C@@H]2C[C@H]1CN. The Balaban J connectivity index is 1.98. The molecule has 4 heteroatoms. The molecule has 4 nitrogen and oxygen atoms in total. The molecule has 1 aliphatic carbocycles. The fraction of sp³-hybridized carbons (Fsp3) is 0.917. The molecule has 1 unspecified atom stereocenters. The van der Waals surface area contributed by atoms with Crippen LogP contribution in [0.25, 0.3) is 0 Å². The molecule has 1 aliphatic heterocycles. The normalized spacial score (nSPS) is 33.2. The van der Waals surface area contributed by atoms with Crippen LogP contribution in [-0.2, 0) is 4.74 Å². The molecule has 0 spiro atoms. The summed E-state index contributed by atoms with van der Waals surface area (Å²) < 4.78 is 5.41. The molecule has 2 N–H and O–H groups in total. The molecule has 2 rings (SSSR count). The minimum atomic E-state index is -0.420. The first-order valence-corrected chi connectivity index (χ1v) is 6.10. The van der Waals surface area contributed by atoms with Gasteiger partial charge >= 0.3 is 6.09 Å². The van der Waals surface area contributed by atoms with Gasteiger partial charge in [0.2, 0.25) is 0 Å². The van der Waals surface area contributed by atoms with E-state index in [1.807, 2.05) is 25.7 Å². The number of rotatable bonds is 1. The standard InChI is InChI=1S/C12H22N2O2/c1-12(2,3)16-11(15)14-7-9-4-8(9)5-10(14)6-13/h8-10H,4-7,13H2,1-3H3/t8-,9?,10+/m1/s1. The summed E-state index contributed by atoms with van der Waals surface area (Å²) in [5.74, 6) is 1.52. The minimum absolute atomic E-state index is 0.179. The molecule has 1 amide bonds. The second kappa shape index (κ2) is 3.91. The van der Waals surface area contributed by atoms with E-state index in [2.05, 4.69) is 0 Å². The first kappa shape index (κ1) is 11.7. The van der Waals surface area contributed by atoms with Gasteiger partial charge in [0.1, 0.15) is 5.60 Å². The van der Waals surface area contributed by atoms with Crippen molar-refractivity contribution in [3.63, 3.8) is 0 Å². The van der Waals surface area contributed by atoms with Crippen molar-refractivity contribution in [1.82, 2.24) is 4.90 Å². The van der Waals surface area contributed by atoms with Crippen LogP contribution in [0.2, 0.25) is 0 Å². The van der Waals surface area contributed by atoms with Gasteiger partial charge in [0, 0.05) is 19.1 Å². The van der Waals surface area contributed by atoms with Crippen molar-refractivity contribution in [3.05, 3.63) is 0 Å². The number of nitrogens with zero attached hydrogens (tertiary/aromatic N) is 1. The number of hydrogen-bond acceptors (Lipinski definition) is 3. The fourth-order valence-electron chi connectivity index (χ4n) is 2.47. The molecule has 1 heterocycles. The van der Waals surface area contributed by atoms with Gasteiger partial charge in [-0.05, 0) is 45.4 Å². The summed E-state index contributed by atoms with van der Waals surface area (Å²) in [5.41, 5.74) is 5.31. The molecular formula is C12H22N2O2. The lowest BCUT2D eigenvalue weighted by Crippen LogP contribution is -2.50. The molecule has 0 bridgehead atoms. The van der Waals surface area contributed by atoms with Crippen LogP contribution in [0.5, 0.6) is 0 Å². The van der Waals surface area contributed by atoms with Crippen LogP contribution in [0, 0.1) is 11.8 Å². The lowest BCUT2D eigenvalue weighted by molar-refractivity contribution is 0.00975. The predicted molar refractivity (Wildman–Crippen MR) is 62.0 cm³/mol. The summed E-state index contributed by atoms with van der Waals surface area (Å²) >= 11 is 0. The van der Waals surface area contributed by atoms with Crippen molar-refractivity contribution in [3.8, 4) is 0 Å². The Morgan fingerprint density at radius 2 is 2.06 bits per heavy atom. The topological polar surface area (TPSA) is 55.6 Å². The maximum Gasteiger partial charge on any atom is 0.410 e. The van der Waals surface area contributed by atoms with Crippen molar-refractivity contribution >= 4 is 6.09 Å². The molecule has 0 aromatic carbocycles. The van der Waals surface area contributed by atoms with Gasteiger partial charge in [-0.3, -0.25) is 0 Å². The summed E-state index contributed by atoms with van der Waals surface area (Å²) in [5, 5.41) is 0. The van der Waals surface area contributed by atoms with E-state index in [0.717, 1.165) is 18.9 Å². The van der Waals surface area contributed by atoms with E-state index in [1.54, 1.807) is 0 Å². The molecule has 92 valence electrons. The maximum absolute atomic E-state index is 12.0. The fourth-order valence-corrected chi connectivity index (χ4v) is 2.47. The number of hydrogen-bond donors (Lipinski definition) is 1. The highest BCUT2D eigenvalue weighted by molar-refractivity contribution is 5.69. The maximum atomic E-state index is 12.0. The lowest BCUT2D eigenvalue weighted by Gasteiger charge is -2.35. The molecule has 16 heavy (non-hydrogen) atoms. The largest absolute Gasteiger partial charge is 0.444 e. The van der Waals surface area contributed by atoms with Crippen molar-refractivity contribution in [1.29, 1.82) is 0 Å². The van der Waals surface area contributed by atoms with Gasteiger partial charge in [-0.2, -0.15) is 0 Å². The van der Waals surface area contributed by atoms with Crippen molar-refractivity contribution < 1.29 is 9.53 Å². The van der Waals surface area contributed by atoms with E-state index in [1.165, 1.54) is 6.42 Å². The summed E-state index contributed by atoms with van der Waals surface area (Å²) in [6, 6.07) is 0.179. The van der Waals surface area contributed by atoms with E-state index in [0.29, 0.717) is 12.5 Å². The van der Waals surface area contributed by atoms with Crippen molar-refractivity contribution in [2.24, 2.45) is 17.6 Å². The third-order valence-corrected chi connectivity index (χ3v) is 3.42. The van der Waals surface area contributed by atoms with Gasteiger partial charge in [0.15, 0.2) is 0 Å². The van der Waals surface area contributed by atoms with E-state index < -0.39 is 5.60 Å². The lowest BCUT2D eigenvalue weighted by atomic mass is 10.0. The van der Waals surface area contributed by atoms with Gasteiger partial charge in [0.05, 0.1) is 0 Å². The highest BCUT2D eigenvalue weighted by atomic mass is 16.6. The summed E-state index contributed by atoms with van der Waals surface area (Å²) in [4.78, 5) is 13.8. The smallest absolute Gasteiger partial charge is 0.410 e. The Kier molecular flexibility index (Phi) is 2.86. The summed E-state index contributed by atoms with van der Waals surface area (Å²) in [7, 11) is 0. The van der Waals surface area contributed by atoms with Crippen LogP contribution in [0.15, 0.2) is 0 Å². The zero-order chi connectivity index (χ0) is 11.9. The number of piperidine rings is 1. The van der Waals surface area contributed by atoms with Crippen LogP contribution >= 0.6 is 0 Å². The molecule has 1 saturated heterocycles. The number of carbonyl (C=O) groups is 1. The number of ether oxygens (including phenoxy) is 1. The second-order valence-electron chi connectivity index (χ2n) is 6.01. The van der Waals surface area contributed by atoms with Gasteiger partial charge in [-0.25, -0.2) is 4.79 Å². The van der Waals surface area contributed by atoms with Gasteiger partial charge in [0.25, 0.3) is 0 Å². The number of likely N-dealkylation sites (tertiary alicyclic amines) is 1. The van der Waals surface area contributed by atoms with E-state index in [4.69, 9.17) is 10.5 Å². The molecule has 2 fully saturated rings. The Morgan fingerprint density at radius 1 is 1.38 bits per heavy atom. The number of amides is 1. The van der Waals surface area contributed by atoms with Crippen molar-refractivity contribution in [2.45, 2.75) is 45.3 Å². The average Bonchev–Trinajstić information content (AvgIpc) is 2.90. The first-order chi connectivity index (χ1) is 7.40. The number of fused-ring (bicyclic) bond motifs is 1. The van der Waals surface area contributed by atoms with E-state index in [9.17, 15) is 4.79 Å². The molecule has 0 radical (unpaired) electrons. The zero-order valence-corrected chi connectivity index (χ0v) is 10.4. The molecular weight excluding hydrogens is 204 g/mol. The zero-order valence-electron chi connectivity index (χ0n) is 10.4. The Labute approximate surface area is 97.1 Å². The molecule has 0 aromatic heterocycles. The van der Waals surface area contributed by atoms with Gasteiger partial charge in [-0.1, -0.05) is 0 Å². The van der Waals surface area contributed by atoms with Crippen molar-refractivity contribution in [2.75, 3.05) is 13.1 Å². The Bertz CT molecular complexity index is 285. The van der Waals surface area contributed by atoms with Crippen LogP contribution in [0.1, 0.15) is 33.6 Å². The predicted octanol–water partition coefficient (Wildman–Crippen LogP) is 1.59. The second-order valence-corrected chi connectivity index (χ2v) is 6.01. The summed E-state index contributed by atoms with van der Waals surface area (Å²) in [6.45, 7) is 7.06. The Morgan fingerprint density at radius 3 is 2.62 bits per heavy atom. The monoisotopic (exact) mass is 226 g/mol. The van der Waals surface area contributed by atoms with Crippen LogP contribution in [0.3, 0.4) is 0 Å². The Hall–Kier alpha value is -0.770. The van der Waals surface area contributed by atoms with E-state index in [-0.39, 0.29) is 12.1 Å². The van der Waals surface area contributed by atoms with Gasteiger partial charge < -0.3 is 15.4 Å². The average molecular weight is 226 g/mol. The molecule has 3 atom stereocenters. The van der Waals surface area contributed by atoms with Crippen LogP contribution in [-0.4, -0.2) is 35.7 Å². The van der Waals surface area contributed by atoms with Crippen LogP contribution < -0.4 is 5.73 Å². The highest BCUT2D eigenvalue weighted by Crippen LogP contribution is 2.47. The third kappa shape index (κ3) is 2.48. The molecule has 1 saturated carbocycles. The highest BCUT2D eigenvalue weighted by Gasteiger charge is 2.47. The number of nitrogens with two attached hydrogens (primary N) is 1. The molecule has 2 aliphatic rings. The van der Waals surface area contributed by atoms with Gasteiger partial charge in [-0.15, -0.1) is 0 Å². The molecule has 0 aromatic rings. The van der Waals surface area contributed by atoms with Crippen LogP contribution in [0.4, 0.5) is 4.79 Å². The quantitative estimate of drug-likeness (QED) is 0.738. The summed E-state index contributed by atoms with van der Waals surface area (Å²) in [6.07, 6.45) is 2.12. The minimum Gasteiger partial charge on any atom is -0.444 e. The van der Waals surface area contributed by atoms with E-state index >= 15 is 0 Å².